The summed E-state index contributed by atoms with van der Waals surface area (Å²) >= 11 is 0. The van der Waals surface area contributed by atoms with E-state index in [-0.39, 0.29) is 31.8 Å². The predicted octanol–water partition coefficient (Wildman–Crippen LogP) is 5.83. The topological polar surface area (TPSA) is 99.4 Å². The van der Waals surface area contributed by atoms with Crippen LogP contribution in [0.4, 0.5) is 0 Å². The fourth-order valence-corrected chi connectivity index (χ4v) is 4.34. The van der Waals surface area contributed by atoms with Crippen LogP contribution in [0.1, 0.15) is 118 Å². The van der Waals surface area contributed by atoms with Crippen LogP contribution in [0.25, 0.3) is 0 Å². The van der Waals surface area contributed by atoms with E-state index in [1.807, 2.05) is 13.8 Å². The molecule has 1 aliphatic rings. The summed E-state index contributed by atoms with van der Waals surface area (Å²) in [4.78, 5) is 0. The van der Waals surface area contributed by atoms with Crippen LogP contribution in [0, 0.1) is 47.4 Å². The van der Waals surface area contributed by atoms with Crippen LogP contribution in [0.5, 0.6) is 0 Å². The molecule has 240 valence electrons. The molecule has 0 spiro atoms. The first-order valence-corrected chi connectivity index (χ1v) is 16.0. The lowest BCUT2D eigenvalue weighted by atomic mass is 10.0. The number of unbranched alkanes of at least 4 members (excludes halogenated alkanes) is 8. The fraction of sp³-hybridized carbons (Fsp3) is 0.676. The quantitative estimate of drug-likeness (QED) is 0.125. The van der Waals surface area contributed by atoms with Gasteiger partial charge >= 0.3 is 0 Å². The van der Waals surface area contributed by atoms with Crippen molar-refractivity contribution in [1.29, 1.82) is 0 Å². The minimum atomic E-state index is -0.802. The number of ether oxygens (including phenoxy) is 2. The van der Waals surface area contributed by atoms with Crippen LogP contribution < -0.4 is 0 Å². The molecule has 6 nitrogen and oxygen atoms in total. The molecule has 0 saturated carbocycles. The Morgan fingerprint density at radius 3 is 1.79 bits per heavy atom. The summed E-state index contributed by atoms with van der Waals surface area (Å²) in [5.74, 6) is 21.4. The summed E-state index contributed by atoms with van der Waals surface area (Å²) < 4.78 is 12.0. The highest BCUT2D eigenvalue weighted by Gasteiger charge is 2.40. The average molecular weight is 597 g/mol. The van der Waals surface area contributed by atoms with Gasteiger partial charge in [0.15, 0.2) is 5.79 Å². The van der Waals surface area contributed by atoms with E-state index in [2.05, 4.69) is 61.2 Å². The summed E-state index contributed by atoms with van der Waals surface area (Å²) in [6.07, 6.45) is 19.4. The Bertz CT molecular complexity index is 999. The summed E-state index contributed by atoms with van der Waals surface area (Å²) in [5, 5.41) is 36.5. The number of aliphatic hydroxyl groups is 4. The van der Waals surface area contributed by atoms with Gasteiger partial charge in [-0.1, -0.05) is 114 Å². The maximum Gasteiger partial charge on any atom is 0.163 e. The Labute approximate surface area is 262 Å². The van der Waals surface area contributed by atoms with E-state index in [0.29, 0.717) is 12.8 Å². The van der Waals surface area contributed by atoms with Crippen molar-refractivity contribution >= 4 is 0 Å². The summed E-state index contributed by atoms with van der Waals surface area (Å²) in [6, 6.07) is 0. The van der Waals surface area contributed by atoms with Crippen LogP contribution in [-0.4, -0.2) is 63.8 Å². The third-order valence-corrected chi connectivity index (χ3v) is 6.60. The molecule has 0 radical (unpaired) electrons. The fourth-order valence-electron chi connectivity index (χ4n) is 4.34. The largest absolute Gasteiger partial charge is 0.392 e. The molecule has 1 fully saturated rings. The highest BCUT2D eigenvalue weighted by Crippen LogP contribution is 2.32. The molecule has 6 heteroatoms. The Kier molecular flexibility index (Phi) is 26.6. The van der Waals surface area contributed by atoms with Crippen LogP contribution in [0.3, 0.4) is 0 Å². The monoisotopic (exact) mass is 596 g/mol. The first-order valence-electron chi connectivity index (χ1n) is 16.0. The Morgan fingerprint density at radius 2 is 1.21 bits per heavy atom. The second-order valence-electron chi connectivity index (χ2n) is 11.0. The maximum atomic E-state index is 9.75. The molecule has 1 rings (SSSR count). The summed E-state index contributed by atoms with van der Waals surface area (Å²) in [7, 11) is 0. The average Bonchev–Trinajstić information content (AvgIpc) is 3.28. The number of hydrogen-bond donors (Lipinski definition) is 4. The molecule has 0 aromatic rings. The zero-order chi connectivity index (χ0) is 32.0. The first-order chi connectivity index (χ1) is 20.8. The molecule has 0 amide bonds. The van der Waals surface area contributed by atoms with E-state index in [0.717, 1.165) is 19.3 Å². The zero-order valence-electron chi connectivity index (χ0n) is 27.0. The van der Waals surface area contributed by atoms with Crippen molar-refractivity contribution in [2.45, 2.75) is 148 Å². The van der Waals surface area contributed by atoms with Gasteiger partial charge in [0.2, 0.25) is 0 Å². The number of allylic oxidation sites excluding steroid dienone is 2. The van der Waals surface area contributed by atoms with Crippen molar-refractivity contribution in [2.75, 3.05) is 13.2 Å². The lowest BCUT2D eigenvalue weighted by molar-refractivity contribution is -0.146. The minimum absolute atomic E-state index is 0.00435. The Morgan fingerprint density at radius 1 is 0.674 bits per heavy atom. The van der Waals surface area contributed by atoms with Crippen LogP contribution in [0.15, 0.2) is 24.3 Å². The van der Waals surface area contributed by atoms with E-state index in [1.54, 1.807) is 12.2 Å². The van der Waals surface area contributed by atoms with Crippen molar-refractivity contribution in [2.24, 2.45) is 0 Å². The van der Waals surface area contributed by atoms with E-state index < -0.39 is 18.0 Å². The van der Waals surface area contributed by atoms with Crippen molar-refractivity contribution in [3.05, 3.63) is 24.3 Å². The van der Waals surface area contributed by atoms with E-state index in [9.17, 15) is 10.2 Å². The van der Waals surface area contributed by atoms with Crippen molar-refractivity contribution in [1.82, 2.24) is 0 Å². The molecular formula is C37H56O6. The summed E-state index contributed by atoms with van der Waals surface area (Å²) in [5.41, 5.74) is 0. The van der Waals surface area contributed by atoms with Gasteiger partial charge in [-0.2, -0.15) is 0 Å². The Hall–Kier alpha value is -2.52. The van der Waals surface area contributed by atoms with Crippen LogP contribution >= 0.6 is 0 Å². The van der Waals surface area contributed by atoms with Crippen LogP contribution in [-0.2, 0) is 9.47 Å². The van der Waals surface area contributed by atoms with Crippen molar-refractivity contribution in [3.63, 3.8) is 0 Å². The number of aliphatic hydroxyl groups excluding tert-OH is 4. The molecule has 1 aliphatic heterocycles. The molecule has 0 bridgehead atoms. The minimum Gasteiger partial charge on any atom is -0.392 e. The summed E-state index contributed by atoms with van der Waals surface area (Å²) in [6.45, 7) is 8.29. The maximum absolute atomic E-state index is 9.75. The van der Waals surface area contributed by atoms with E-state index >= 15 is 0 Å². The SMILES string of the molecule is CCCCCCC[C@@H](O)[C@H](O)CC#CC#C/C=C/CO.CCCCCCC[C@H]1OC(C)(C)O[C@@H]1CC#CC#C/C=C/CO. The molecule has 0 aliphatic carbocycles. The van der Waals surface area contributed by atoms with Gasteiger partial charge in [-0.05, 0) is 62.5 Å². The van der Waals surface area contributed by atoms with Gasteiger partial charge in [-0.25, -0.2) is 0 Å². The van der Waals surface area contributed by atoms with Gasteiger partial charge in [0.05, 0.1) is 37.6 Å². The van der Waals surface area contributed by atoms with Gasteiger partial charge in [0.25, 0.3) is 0 Å². The second kappa shape index (κ2) is 28.3. The molecule has 1 heterocycles. The van der Waals surface area contributed by atoms with Gasteiger partial charge in [-0.3, -0.25) is 0 Å². The number of rotatable bonds is 17. The van der Waals surface area contributed by atoms with Crippen LogP contribution in [0.2, 0.25) is 0 Å². The van der Waals surface area contributed by atoms with E-state index in [4.69, 9.17) is 19.7 Å². The number of hydrogen-bond acceptors (Lipinski definition) is 6. The molecule has 1 saturated heterocycles. The highest BCUT2D eigenvalue weighted by molar-refractivity contribution is 5.31. The molecule has 4 atom stereocenters. The standard InChI is InChI=1S/C20H30O3.C17H26O3/c1-4-5-6-9-12-15-18-19(23-20(2,3)22-18)16-13-10-7-8-11-14-17-21;1-2-3-4-7-10-13-16(19)17(20)14-11-8-5-6-9-12-15-18/h11,14,18-19,21H,4-6,9,12,15-17H2,1-3H3;9,12,16-20H,2-4,7,10,13-15H2,1H3/b14-11+;12-9+/t18-,19-;16-,17-/m11/s1. The lowest BCUT2D eigenvalue weighted by Gasteiger charge is -2.16. The molecular weight excluding hydrogens is 540 g/mol. The molecule has 0 unspecified atom stereocenters. The predicted molar refractivity (Wildman–Crippen MR) is 175 cm³/mol. The molecule has 43 heavy (non-hydrogen) atoms. The third-order valence-electron chi connectivity index (χ3n) is 6.60. The van der Waals surface area contributed by atoms with Crippen molar-refractivity contribution < 1.29 is 29.9 Å². The normalized spacial score (nSPS) is 18.1. The van der Waals surface area contributed by atoms with Gasteiger partial charge in [0.1, 0.15) is 0 Å². The molecule has 0 aromatic carbocycles. The molecule has 0 aromatic heterocycles. The smallest absolute Gasteiger partial charge is 0.163 e. The lowest BCUT2D eigenvalue weighted by Crippen LogP contribution is -2.25. The first kappa shape index (κ1) is 40.5. The Balaban J connectivity index is 0.000000830. The zero-order valence-corrected chi connectivity index (χ0v) is 27.0. The van der Waals surface area contributed by atoms with Gasteiger partial charge < -0.3 is 29.9 Å². The third kappa shape index (κ3) is 24.6. The van der Waals surface area contributed by atoms with Gasteiger partial charge in [0, 0.05) is 12.8 Å². The van der Waals surface area contributed by atoms with Gasteiger partial charge in [-0.15, -0.1) is 0 Å². The van der Waals surface area contributed by atoms with Crippen molar-refractivity contribution in [3.8, 4) is 47.4 Å². The second-order valence-corrected chi connectivity index (χ2v) is 11.0. The van der Waals surface area contributed by atoms with E-state index in [1.165, 1.54) is 63.5 Å². The molecule has 4 N–H and O–H groups in total. The highest BCUT2D eigenvalue weighted by atomic mass is 16.7.